The Morgan fingerprint density at radius 3 is 2.57 bits per heavy atom. The van der Waals surface area contributed by atoms with Crippen molar-refractivity contribution in [3.63, 3.8) is 0 Å². The molecule has 0 aliphatic rings. The molecule has 2 rings (SSSR count). The minimum atomic E-state index is -1.01. The van der Waals surface area contributed by atoms with Crippen molar-refractivity contribution in [1.82, 2.24) is 0 Å². The smallest absolute Gasteiger partial charge is 0.128 e. The van der Waals surface area contributed by atoms with E-state index in [1.807, 2.05) is 0 Å². The van der Waals surface area contributed by atoms with E-state index in [2.05, 4.69) is 0 Å². The molecule has 0 amide bonds. The molecule has 0 radical (unpaired) electrons. The van der Waals surface area contributed by atoms with Gasteiger partial charge in [0.25, 0.3) is 0 Å². The van der Waals surface area contributed by atoms with Gasteiger partial charge in [0.2, 0.25) is 0 Å². The number of hydrogen-bond acceptors (Lipinski definition) is 3. The average Bonchev–Trinajstić information content (AvgIpc) is 2.50. The second-order valence-electron chi connectivity index (χ2n) is 4.66. The van der Waals surface area contributed by atoms with Crippen molar-refractivity contribution in [1.29, 1.82) is 0 Å². The van der Waals surface area contributed by atoms with E-state index in [0.29, 0.717) is 11.3 Å². The summed E-state index contributed by atoms with van der Waals surface area (Å²) < 4.78 is 19.3. The summed E-state index contributed by atoms with van der Waals surface area (Å²) >= 11 is 6.07. The lowest BCUT2D eigenvalue weighted by molar-refractivity contribution is 0.142. The Labute approximate surface area is 128 Å². The van der Waals surface area contributed by atoms with Crippen molar-refractivity contribution >= 4 is 11.6 Å². The Morgan fingerprint density at radius 1 is 1.24 bits per heavy atom. The van der Waals surface area contributed by atoms with Crippen LogP contribution in [0.4, 0.5) is 4.39 Å². The second kappa shape index (κ2) is 6.89. The summed E-state index contributed by atoms with van der Waals surface area (Å²) in [5.41, 5.74) is 6.52. The van der Waals surface area contributed by atoms with Gasteiger partial charge < -0.3 is 15.6 Å². The number of para-hydroxylation sites is 1. The zero-order valence-corrected chi connectivity index (χ0v) is 12.3. The van der Waals surface area contributed by atoms with Gasteiger partial charge in [-0.1, -0.05) is 35.9 Å². The summed E-state index contributed by atoms with van der Waals surface area (Å²) in [6.07, 6.45) is -1.01. The first-order chi connectivity index (χ1) is 10.1. The number of ether oxygens (including phenoxy) is 1. The number of rotatable bonds is 5. The summed E-state index contributed by atoms with van der Waals surface area (Å²) in [7, 11) is 1.51. The van der Waals surface area contributed by atoms with E-state index >= 15 is 0 Å². The fourth-order valence-corrected chi connectivity index (χ4v) is 2.70. The Kier molecular flexibility index (Phi) is 5.17. The number of methoxy groups -OCH3 is 1. The van der Waals surface area contributed by atoms with Crippen LogP contribution in [0.5, 0.6) is 5.75 Å². The monoisotopic (exact) mass is 309 g/mol. The molecule has 21 heavy (non-hydrogen) atoms. The number of aliphatic hydroxyl groups excluding tert-OH is 1. The third kappa shape index (κ3) is 3.18. The Balaban J connectivity index is 2.46. The van der Waals surface area contributed by atoms with E-state index < -0.39 is 17.8 Å². The van der Waals surface area contributed by atoms with Crippen LogP contribution in [0.1, 0.15) is 23.1 Å². The highest BCUT2D eigenvalue weighted by molar-refractivity contribution is 6.31. The van der Waals surface area contributed by atoms with Gasteiger partial charge in [0.1, 0.15) is 11.6 Å². The van der Waals surface area contributed by atoms with Gasteiger partial charge in [-0.3, -0.25) is 0 Å². The zero-order chi connectivity index (χ0) is 15.4. The van der Waals surface area contributed by atoms with E-state index in [4.69, 9.17) is 22.1 Å². The van der Waals surface area contributed by atoms with Crippen molar-refractivity contribution in [2.24, 2.45) is 5.73 Å². The highest BCUT2D eigenvalue weighted by Crippen LogP contribution is 2.38. The van der Waals surface area contributed by atoms with E-state index in [9.17, 15) is 9.50 Å². The quantitative estimate of drug-likeness (QED) is 0.891. The molecule has 0 bridgehead atoms. The third-order valence-corrected chi connectivity index (χ3v) is 3.79. The first-order valence-electron chi connectivity index (χ1n) is 6.55. The molecule has 0 aliphatic heterocycles. The maximum Gasteiger partial charge on any atom is 0.128 e. The molecule has 5 heteroatoms. The van der Waals surface area contributed by atoms with Crippen LogP contribution in [-0.4, -0.2) is 18.8 Å². The molecule has 3 N–H and O–H groups in total. The first-order valence-corrected chi connectivity index (χ1v) is 6.93. The normalized spacial score (nSPS) is 13.8. The van der Waals surface area contributed by atoms with Gasteiger partial charge in [0.05, 0.1) is 13.2 Å². The highest BCUT2D eigenvalue weighted by Gasteiger charge is 2.28. The van der Waals surface area contributed by atoms with Crippen molar-refractivity contribution in [3.05, 3.63) is 64.4 Å². The van der Waals surface area contributed by atoms with Crippen LogP contribution < -0.4 is 10.5 Å². The molecule has 2 atom stereocenters. The van der Waals surface area contributed by atoms with Gasteiger partial charge in [0.15, 0.2) is 0 Å². The maximum absolute atomic E-state index is 14.1. The van der Waals surface area contributed by atoms with Crippen molar-refractivity contribution in [2.45, 2.75) is 12.0 Å². The molecule has 3 nitrogen and oxygen atoms in total. The highest BCUT2D eigenvalue weighted by atomic mass is 35.5. The fraction of sp³-hybridized carbons (Fsp3) is 0.250. The second-order valence-corrected chi connectivity index (χ2v) is 5.07. The lowest BCUT2D eigenvalue weighted by atomic mass is 9.88. The van der Waals surface area contributed by atoms with Crippen LogP contribution in [0.15, 0.2) is 42.5 Å². The topological polar surface area (TPSA) is 55.5 Å². The molecule has 0 aliphatic carbocycles. The summed E-state index contributed by atoms with van der Waals surface area (Å²) in [5.74, 6) is -0.613. The fourth-order valence-electron chi connectivity index (χ4n) is 2.40. The van der Waals surface area contributed by atoms with Gasteiger partial charge in [-0.05, 0) is 18.2 Å². The molecular formula is C16H17ClFNO2. The van der Waals surface area contributed by atoms with Gasteiger partial charge >= 0.3 is 0 Å². The standard InChI is InChI=1S/C16H17ClFNO2/c1-21-14-8-3-2-5-10(14)16(20)11(9-19)15-12(17)6-4-7-13(15)18/h2-8,11,16,20H,9,19H2,1H3. The molecule has 0 spiro atoms. The molecule has 112 valence electrons. The predicted molar refractivity (Wildman–Crippen MR) is 81.2 cm³/mol. The number of aliphatic hydroxyl groups is 1. The average molecular weight is 310 g/mol. The van der Waals surface area contributed by atoms with Crippen LogP contribution in [0.25, 0.3) is 0 Å². The van der Waals surface area contributed by atoms with Gasteiger partial charge in [0, 0.05) is 28.6 Å². The summed E-state index contributed by atoms with van der Waals surface area (Å²) in [6.45, 7) is 0.0554. The maximum atomic E-state index is 14.1. The number of nitrogens with two attached hydrogens (primary N) is 1. The van der Waals surface area contributed by atoms with Crippen LogP contribution in [0.2, 0.25) is 5.02 Å². The summed E-state index contributed by atoms with van der Waals surface area (Å²) in [6, 6.07) is 11.4. The van der Waals surface area contributed by atoms with Gasteiger partial charge in [-0.25, -0.2) is 4.39 Å². The minimum absolute atomic E-state index is 0.0554. The van der Waals surface area contributed by atoms with Crippen molar-refractivity contribution < 1.29 is 14.2 Å². The van der Waals surface area contributed by atoms with Crippen LogP contribution in [0.3, 0.4) is 0 Å². The molecule has 2 unspecified atom stereocenters. The molecule has 0 heterocycles. The van der Waals surface area contributed by atoms with Crippen LogP contribution in [-0.2, 0) is 0 Å². The number of hydrogen-bond donors (Lipinski definition) is 2. The molecule has 0 saturated carbocycles. The number of halogens is 2. The zero-order valence-electron chi connectivity index (χ0n) is 11.6. The molecule has 0 fully saturated rings. The summed E-state index contributed by atoms with van der Waals surface area (Å²) in [5, 5.41) is 10.9. The van der Waals surface area contributed by atoms with Crippen molar-refractivity contribution in [3.8, 4) is 5.75 Å². The molecule has 0 aromatic heterocycles. The molecular weight excluding hydrogens is 293 g/mol. The van der Waals surface area contributed by atoms with E-state index in [1.165, 1.54) is 19.2 Å². The SMILES string of the molecule is COc1ccccc1C(O)C(CN)c1c(F)cccc1Cl. The first kappa shape index (κ1) is 15.8. The number of benzene rings is 2. The van der Waals surface area contributed by atoms with E-state index in [0.717, 1.165) is 0 Å². The lowest BCUT2D eigenvalue weighted by Crippen LogP contribution is -2.22. The molecule has 2 aromatic carbocycles. The van der Waals surface area contributed by atoms with E-state index in [-0.39, 0.29) is 17.1 Å². The summed E-state index contributed by atoms with van der Waals surface area (Å²) in [4.78, 5) is 0. The third-order valence-electron chi connectivity index (χ3n) is 3.46. The van der Waals surface area contributed by atoms with Gasteiger partial charge in [-0.15, -0.1) is 0 Å². The lowest BCUT2D eigenvalue weighted by Gasteiger charge is -2.25. The van der Waals surface area contributed by atoms with E-state index in [1.54, 1.807) is 30.3 Å². The minimum Gasteiger partial charge on any atom is -0.496 e. The van der Waals surface area contributed by atoms with Crippen LogP contribution >= 0.6 is 11.6 Å². The molecule has 0 saturated heterocycles. The van der Waals surface area contributed by atoms with Crippen molar-refractivity contribution in [2.75, 3.05) is 13.7 Å². The van der Waals surface area contributed by atoms with Gasteiger partial charge in [-0.2, -0.15) is 0 Å². The Hall–Kier alpha value is -1.62. The predicted octanol–water partition coefficient (Wildman–Crippen LogP) is 3.26. The Bertz CT molecular complexity index is 601. The molecule has 2 aromatic rings. The Morgan fingerprint density at radius 2 is 1.95 bits per heavy atom. The largest absolute Gasteiger partial charge is 0.496 e. The van der Waals surface area contributed by atoms with Crippen LogP contribution in [0, 0.1) is 5.82 Å².